The van der Waals surface area contributed by atoms with Crippen molar-refractivity contribution < 1.29 is 41.8 Å². The Morgan fingerprint density at radius 2 is 1.77 bits per heavy atom. The summed E-state index contributed by atoms with van der Waals surface area (Å²) in [5, 5.41) is 8.11. The molecule has 0 spiro atoms. The van der Waals surface area contributed by atoms with Gasteiger partial charge in [0, 0.05) is 24.1 Å². The van der Waals surface area contributed by atoms with E-state index >= 15 is 0 Å². The minimum absolute atomic E-state index is 0.0167. The van der Waals surface area contributed by atoms with Crippen molar-refractivity contribution in [1.29, 1.82) is 0 Å². The van der Waals surface area contributed by atoms with Gasteiger partial charge in [0.2, 0.25) is 23.6 Å². The lowest BCUT2D eigenvalue weighted by molar-refractivity contribution is -0.417. The number of hydrogen-bond acceptors (Lipinski definition) is 11. The van der Waals surface area contributed by atoms with Crippen molar-refractivity contribution in [3.05, 3.63) is 54.2 Å². The van der Waals surface area contributed by atoms with E-state index in [4.69, 9.17) is 21.1 Å². The number of carbonyl (C=O) groups is 4. The van der Waals surface area contributed by atoms with Crippen LogP contribution in [0.15, 0.2) is 49.1 Å². The molecule has 2 heterocycles. The molecule has 0 unspecified atom stereocenters. The van der Waals surface area contributed by atoms with Gasteiger partial charge in [0.25, 0.3) is 0 Å². The number of hydrogen-bond donors (Lipinski definition) is 4. The molecular formula is C36H47ClN7O8S+. The molecule has 3 aliphatic carbocycles. The van der Waals surface area contributed by atoms with E-state index in [1.165, 1.54) is 17.0 Å². The van der Waals surface area contributed by atoms with Crippen molar-refractivity contribution in [2.24, 2.45) is 11.3 Å². The molecule has 6 rings (SSSR count). The number of benzene rings is 1. The quantitative estimate of drug-likeness (QED) is 0.172. The number of nitrogens with two attached hydrogens (primary N) is 1. The van der Waals surface area contributed by atoms with E-state index in [0.29, 0.717) is 18.5 Å². The second-order valence-corrected chi connectivity index (χ2v) is 17.8. The maximum atomic E-state index is 14.5. The van der Waals surface area contributed by atoms with Gasteiger partial charge in [0.1, 0.15) is 34.7 Å². The van der Waals surface area contributed by atoms with E-state index in [9.17, 15) is 27.6 Å². The summed E-state index contributed by atoms with van der Waals surface area (Å²) in [4.78, 5) is 65.3. The van der Waals surface area contributed by atoms with Gasteiger partial charge in [0.15, 0.2) is 5.54 Å². The Hall–Kier alpha value is -4.28. The minimum atomic E-state index is -3.78. The number of halogens is 1. The number of carbonyl (C=O) groups excluding carboxylic acids is 4. The number of para-hydroxylation sites is 1. The first kappa shape index (κ1) is 38.4. The highest BCUT2D eigenvalue weighted by atomic mass is 35.5. The van der Waals surface area contributed by atoms with Gasteiger partial charge < -0.3 is 30.3 Å². The fourth-order valence-electron chi connectivity index (χ4n) is 6.94. The van der Waals surface area contributed by atoms with E-state index in [1.54, 1.807) is 20.8 Å². The van der Waals surface area contributed by atoms with E-state index in [2.05, 4.69) is 32.5 Å². The highest BCUT2D eigenvalue weighted by Gasteiger charge is 2.64. The Labute approximate surface area is 314 Å². The number of likely N-dealkylation sites (tertiary alicyclic amines) is 1. The first-order valence-electron chi connectivity index (χ1n) is 18.0. The van der Waals surface area contributed by atoms with E-state index in [0.717, 1.165) is 30.4 Å². The Balaban J connectivity index is 1.25. The monoisotopic (exact) mass is 772 g/mol. The van der Waals surface area contributed by atoms with Crippen LogP contribution in [0.3, 0.4) is 0 Å². The van der Waals surface area contributed by atoms with Crippen LogP contribution in [0.25, 0.3) is 0 Å². The molecule has 5 atom stereocenters. The van der Waals surface area contributed by atoms with Crippen LogP contribution < -0.4 is 25.4 Å². The lowest BCUT2D eigenvalue weighted by atomic mass is 9.85. The molecule has 1 aromatic heterocycles. The van der Waals surface area contributed by atoms with E-state index in [-0.39, 0.29) is 42.5 Å². The Morgan fingerprint density at radius 1 is 1.08 bits per heavy atom. The zero-order chi connectivity index (χ0) is 38.1. The topological polar surface area (TPSA) is 203 Å². The Bertz CT molecular complexity index is 1850. The molecule has 0 bridgehead atoms. The molecule has 1 saturated heterocycles. The van der Waals surface area contributed by atoms with Gasteiger partial charge in [-0.3, -0.25) is 9.59 Å². The fraction of sp³-hybridized carbons (Fsp3) is 0.556. The summed E-state index contributed by atoms with van der Waals surface area (Å²) in [6.07, 6.45) is 4.27. The molecule has 4 aliphatic rings. The van der Waals surface area contributed by atoms with Gasteiger partial charge in [-0.1, -0.05) is 56.6 Å². The number of rotatable bonds is 13. The molecule has 3 saturated carbocycles. The number of alkyl carbamates (subject to hydrolysis) is 1. The molecule has 5 N–H and O–H groups in total. The number of anilines is 2. The van der Waals surface area contributed by atoms with Crippen LogP contribution in [-0.2, 0) is 29.1 Å². The van der Waals surface area contributed by atoms with Crippen molar-refractivity contribution in [2.45, 2.75) is 107 Å². The predicted molar refractivity (Wildman–Crippen MR) is 194 cm³/mol. The molecule has 53 heavy (non-hydrogen) atoms. The van der Waals surface area contributed by atoms with E-state index in [1.807, 2.05) is 30.3 Å². The lowest BCUT2D eigenvalue weighted by Crippen LogP contribution is -2.95. The summed E-state index contributed by atoms with van der Waals surface area (Å²) < 4.78 is 38.1. The summed E-state index contributed by atoms with van der Waals surface area (Å²) in [5.74, 6) is -2.21. The molecule has 15 nitrogen and oxygen atoms in total. The average Bonchev–Trinajstić information content (AvgIpc) is 3.97. The van der Waals surface area contributed by atoms with Crippen LogP contribution in [0.4, 0.5) is 16.4 Å². The lowest BCUT2D eigenvalue weighted by Gasteiger charge is -2.35. The second-order valence-electron chi connectivity index (χ2n) is 15.4. The number of aromatic nitrogens is 2. The number of ether oxygens (including phenoxy) is 2. The third-order valence-corrected chi connectivity index (χ3v) is 12.3. The summed E-state index contributed by atoms with van der Waals surface area (Å²) in [6, 6.07) is 8.34. The van der Waals surface area contributed by atoms with Gasteiger partial charge in [-0.15, -0.1) is 6.58 Å². The smallest absolute Gasteiger partial charge is 0.408 e. The van der Waals surface area contributed by atoms with Crippen molar-refractivity contribution in [3.8, 4) is 5.88 Å². The number of primary amides is 1. The molecule has 1 aromatic carbocycles. The molecule has 286 valence electrons. The number of nitrogens with one attached hydrogen (secondary N) is 3. The summed E-state index contributed by atoms with van der Waals surface area (Å²) in [7, 11) is -3.78. The van der Waals surface area contributed by atoms with E-state index < -0.39 is 74.1 Å². The molecule has 4 amide bonds. The van der Waals surface area contributed by atoms with Crippen molar-refractivity contribution >= 4 is 57.1 Å². The van der Waals surface area contributed by atoms with Gasteiger partial charge in [-0.25, -0.2) is 14.6 Å². The van der Waals surface area contributed by atoms with Gasteiger partial charge in [-0.2, -0.15) is 18.1 Å². The van der Waals surface area contributed by atoms with Crippen LogP contribution >= 0.6 is 11.6 Å². The molecule has 0 radical (unpaired) electrons. The number of quaternary nitrogens is 1. The zero-order valence-electron chi connectivity index (χ0n) is 30.0. The number of nitrogens with zero attached hydrogens (tertiary/aromatic N) is 3. The highest BCUT2D eigenvalue weighted by Crippen LogP contribution is 2.44. The Kier molecular flexibility index (Phi) is 11.0. The molecule has 2 aromatic rings. The fourth-order valence-corrected chi connectivity index (χ4v) is 8.61. The number of sulfonamides is 1. The summed E-state index contributed by atoms with van der Waals surface area (Å²) in [6.45, 7) is 9.06. The van der Waals surface area contributed by atoms with Crippen LogP contribution in [0.5, 0.6) is 5.88 Å². The molecular weight excluding hydrogens is 726 g/mol. The second kappa shape index (κ2) is 15.2. The van der Waals surface area contributed by atoms with Gasteiger partial charge >= 0.3 is 22.0 Å². The van der Waals surface area contributed by atoms with Crippen molar-refractivity contribution in [2.75, 3.05) is 11.9 Å². The van der Waals surface area contributed by atoms with Crippen LogP contribution in [0.1, 0.15) is 72.1 Å². The van der Waals surface area contributed by atoms with Gasteiger partial charge in [0.05, 0.1) is 6.54 Å². The average molecular weight is 773 g/mol. The maximum Gasteiger partial charge on any atom is 0.408 e. The number of primary sulfonamides is 1. The summed E-state index contributed by atoms with van der Waals surface area (Å²) in [5.41, 5.74) is -1.61. The third-order valence-electron chi connectivity index (χ3n) is 10.1. The Morgan fingerprint density at radius 3 is 2.40 bits per heavy atom. The first-order valence-corrected chi connectivity index (χ1v) is 20.0. The van der Waals surface area contributed by atoms with Crippen molar-refractivity contribution in [1.82, 2.24) is 25.5 Å². The molecule has 17 heteroatoms. The normalized spacial score (nSPS) is 24.9. The number of amides is 4. The highest BCUT2D eigenvalue weighted by molar-refractivity contribution is 7.86. The SMILES string of the molecule is C=C[C@@H]1C[C@]1(NC(=O)[C@@H]1C[C@@H](Oc2cc(Cl)nc(Nc3ccccc3)n2)CN1C(=O)[C@@H](NC(=O)OC1CCCC1)C(C)(C)C)C(=O)[NH2+]S(=O)(=O)C1CC1. The van der Waals surface area contributed by atoms with Crippen molar-refractivity contribution in [3.63, 3.8) is 0 Å². The zero-order valence-corrected chi connectivity index (χ0v) is 31.6. The maximum absolute atomic E-state index is 14.5. The largest absolute Gasteiger partial charge is 0.472 e. The molecule has 1 aliphatic heterocycles. The molecule has 4 fully saturated rings. The van der Waals surface area contributed by atoms with Crippen LogP contribution in [0.2, 0.25) is 5.15 Å². The van der Waals surface area contributed by atoms with Crippen LogP contribution in [0, 0.1) is 11.3 Å². The standard InChI is InChI=1S/C36H46ClN7O8S/c1-5-21-19-36(21,32(47)43-53(49,50)25-15-16-25)42-30(45)26-17-24(51-28-18-27(37)39-33(40-28)38-22-11-7-6-8-12-22)20-44(26)31(46)29(35(2,3)4)41-34(48)52-23-13-9-10-14-23/h5-8,11-12,18,21,23-26,29H,1,9-10,13-17,19-20H2,2-4H3,(H,41,48)(H,42,45)(H,43,47)(H,38,39,40)/p+1/t21-,24-,26+,29-,36-/m1/s1. The minimum Gasteiger partial charge on any atom is -0.472 e. The van der Waals surface area contributed by atoms with Crippen LogP contribution in [-0.4, -0.2) is 88.7 Å². The summed E-state index contributed by atoms with van der Waals surface area (Å²) >= 11 is 6.33. The predicted octanol–water partition coefficient (Wildman–Crippen LogP) is 2.95. The first-order chi connectivity index (χ1) is 25.1. The van der Waals surface area contributed by atoms with Gasteiger partial charge in [-0.05, 0) is 62.5 Å². The third kappa shape index (κ3) is 9.10.